The number of hydrogen-bond donors (Lipinski definition) is 1. The third-order valence-corrected chi connectivity index (χ3v) is 5.21. The summed E-state index contributed by atoms with van der Waals surface area (Å²) in [5, 5.41) is 8.15. The molecule has 2 aromatic rings. The van der Waals surface area contributed by atoms with Gasteiger partial charge in [0.15, 0.2) is 5.69 Å². The molecule has 1 aliphatic heterocycles. The number of nitrogens with two attached hydrogens (primary N) is 1. The van der Waals surface area contributed by atoms with E-state index in [4.69, 9.17) is 5.73 Å². The molecule has 4 rings (SSSR count). The van der Waals surface area contributed by atoms with E-state index in [0.29, 0.717) is 17.5 Å². The zero-order valence-corrected chi connectivity index (χ0v) is 14.4. The van der Waals surface area contributed by atoms with Crippen molar-refractivity contribution in [3.8, 4) is 5.69 Å². The minimum absolute atomic E-state index is 0. The fraction of sp³-hybridized carbons (Fsp3) is 0.471. The van der Waals surface area contributed by atoms with Crippen molar-refractivity contribution in [2.45, 2.75) is 25.8 Å². The molecule has 3 unspecified atom stereocenters. The molecular weight excluding hydrogens is 326 g/mol. The molecule has 2 heterocycles. The topological polar surface area (TPSA) is 77.0 Å². The summed E-state index contributed by atoms with van der Waals surface area (Å²) < 4.78 is 1.65. The number of carbonyl (C=O) groups is 1. The molecule has 128 valence electrons. The summed E-state index contributed by atoms with van der Waals surface area (Å²) in [4.78, 5) is 14.5. The van der Waals surface area contributed by atoms with Crippen molar-refractivity contribution in [1.82, 2.24) is 19.9 Å². The Morgan fingerprint density at radius 1 is 1.21 bits per heavy atom. The normalized spacial score (nSPS) is 25.4. The van der Waals surface area contributed by atoms with Crippen LogP contribution in [0.4, 0.5) is 0 Å². The van der Waals surface area contributed by atoms with Crippen LogP contribution in [0.3, 0.4) is 0 Å². The smallest absolute Gasteiger partial charge is 0.276 e. The summed E-state index contributed by atoms with van der Waals surface area (Å²) in [5.74, 6) is 0.970. The van der Waals surface area contributed by atoms with Crippen molar-refractivity contribution in [2.24, 2.45) is 17.6 Å². The third-order valence-electron chi connectivity index (χ3n) is 5.21. The van der Waals surface area contributed by atoms with E-state index in [1.165, 1.54) is 5.56 Å². The maximum atomic E-state index is 12.7. The molecule has 0 radical (unpaired) electrons. The lowest BCUT2D eigenvalue weighted by molar-refractivity contribution is 0.0773. The zero-order valence-electron chi connectivity index (χ0n) is 13.6. The first-order chi connectivity index (χ1) is 11.1. The predicted molar refractivity (Wildman–Crippen MR) is 93.4 cm³/mol. The Morgan fingerprint density at radius 3 is 2.67 bits per heavy atom. The average molecular weight is 348 g/mol. The van der Waals surface area contributed by atoms with Gasteiger partial charge in [-0.05, 0) is 43.7 Å². The van der Waals surface area contributed by atoms with E-state index in [9.17, 15) is 4.79 Å². The summed E-state index contributed by atoms with van der Waals surface area (Å²) in [6.07, 6.45) is 3.92. The van der Waals surface area contributed by atoms with Crippen LogP contribution < -0.4 is 5.73 Å². The Kier molecular flexibility index (Phi) is 4.60. The average Bonchev–Trinajstić information content (AvgIpc) is 3.25. The predicted octanol–water partition coefficient (Wildman–Crippen LogP) is 1.81. The second kappa shape index (κ2) is 6.53. The largest absolute Gasteiger partial charge is 0.337 e. The summed E-state index contributed by atoms with van der Waals surface area (Å²) in [7, 11) is 0. The number of aryl methyl sites for hydroxylation is 1. The third kappa shape index (κ3) is 2.91. The van der Waals surface area contributed by atoms with Gasteiger partial charge in [0.05, 0.1) is 11.9 Å². The van der Waals surface area contributed by atoms with Crippen molar-refractivity contribution < 1.29 is 4.79 Å². The number of amides is 1. The molecule has 7 heteroatoms. The van der Waals surface area contributed by atoms with Gasteiger partial charge in [0, 0.05) is 19.1 Å². The highest BCUT2D eigenvalue weighted by atomic mass is 35.5. The molecule has 1 aromatic carbocycles. The maximum absolute atomic E-state index is 12.7. The van der Waals surface area contributed by atoms with Gasteiger partial charge < -0.3 is 10.6 Å². The monoisotopic (exact) mass is 347 g/mol. The van der Waals surface area contributed by atoms with Gasteiger partial charge in [-0.2, -0.15) is 0 Å². The van der Waals surface area contributed by atoms with E-state index < -0.39 is 0 Å². The molecule has 24 heavy (non-hydrogen) atoms. The van der Waals surface area contributed by atoms with Gasteiger partial charge in [-0.1, -0.05) is 22.9 Å². The lowest BCUT2D eigenvalue weighted by Crippen LogP contribution is -2.33. The van der Waals surface area contributed by atoms with Crippen molar-refractivity contribution in [3.63, 3.8) is 0 Å². The molecule has 0 bridgehead atoms. The first-order valence-corrected chi connectivity index (χ1v) is 8.16. The van der Waals surface area contributed by atoms with E-state index >= 15 is 0 Å². The second-order valence-corrected chi connectivity index (χ2v) is 6.76. The Morgan fingerprint density at radius 2 is 1.96 bits per heavy atom. The van der Waals surface area contributed by atoms with E-state index in [1.54, 1.807) is 10.9 Å². The molecule has 0 spiro atoms. The van der Waals surface area contributed by atoms with Crippen molar-refractivity contribution in [1.29, 1.82) is 0 Å². The number of carbonyl (C=O) groups excluding carboxylic acids is 1. The van der Waals surface area contributed by atoms with Crippen LogP contribution in [-0.4, -0.2) is 44.9 Å². The van der Waals surface area contributed by atoms with Gasteiger partial charge >= 0.3 is 0 Å². The quantitative estimate of drug-likeness (QED) is 0.898. The maximum Gasteiger partial charge on any atom is 0.276 e. The van der Waals surface area contributed by atoms with E-state index in [-0.39, 0.29) is 24.4 Å². The van der Waals surface area contributed by atoms with Crippen LogP contribution in [-0.2, 0) is 0 Å². The lowest BCUT2D eigenvalue weighted by Gasteiger charge is -2.17. The van der Waals surface area contributed by atoms with Gasteiger partial charge in [0.25, 0.3) is 5.91 Å². The molecule has 1 aromatic heterocycles. The van der Waals surface area contributed by atoms with Crippen LogP contribution in [0.2, 0.25) is 0 Å². The Bertz CT molecular complexity index is 729. The van der Waals surface area contributed by atoms with Crippen LogP contribution in [0.15, 0.2) is 30.5 Å². The van der Waals surface area contributed by atoms with E-state index in [2.05, 4.69) is 10.3 Å². The summed E-state index contributed by atoms with van der Waals surface area (Å²) in [6, 6.07) is 8.21. The van der Waals surface area contributed by atoms with Gasteiger partial charge in [-0.3, -0.25) is 4.79 Å². The fourth-order valence-electron chi connectivity index (χ4n) is 3.82. The van der Waals surface area contributed by atoms with Crippen molar-refractivity contribution in [2.75, 3.05) is 13.1 Å². The Balaban J connectivity index is 0.00000169. The SMILES string of the molecule is Cc1ccc(-n2cc(C(=O)N3CC4CCC(N)C4C3)nn2)cc1.Cl. The molecule has 1 amide bonds. The fourth-order valence-corrected chi connectivity index (χ4v) is 3.82. The number of nitrogens with zero attached hydrogens (tertiary/aromatic N) is 4. The minimum atomic E-state index is -0.0371. The molecular formula is C17H22ClN5O. The first-order valence-electron chi connectivity index (χ1n) is 8.16. The van der Waals surface area contributed by atoms with Crippen molar-refractivity contribution >= 4 is 18.3 Å². The molecule has 1 aliphatic carbocycles. The second-order valence-electron chi connectivity index (χ2n) is 6.76. The first kappa shape index (κ1) is 16.9. The molecule has 1 saturated carbocycles. The van der Waals surface area contributed by atoms with Gasteiger partial charge in [0.1, 0.15) is 0 Å². The zero-order chi connectivity index (χ0) is 16.0. The highest BCUT2D eigenvalue weighted by Gasteiger charge is 2.43. The van der Waals surface area contributed by atoms with Gasteiger partial charge in [-0.15, -0.1) is 17.5 Å². The molecule has 2 fully saturated rings. The Hall–Kier alpha value is -1.92. The molecule has 1 saturated heterocycles. The Labute approximate surface area is 147 Å². The highest BCUT2D eigenvalue weighted by Crippen LogP contribution is 2.37. The number of aromatic nitrogens is 3. The summed E-state index contributed by atoms with van der Waals surface area (Å²) in [6.45, 7) is 3.59. The number of benzene rings is 1. The van der Waals surface area contributed by atoms with E-state index in [0.717, 1.165) is 31.6 Å². The number of hydrogen-bond acceptors (Lipinski definition) is 4. The van der Waals surface area contributed by atoms with Crippen LogP contribution in [0.25, 0.3) is 5.69 Å². The molecule has 2 aliphatic rings. The van der Waals surface area contributed by atoms with Gasteiger partial charge in [0.2, 0.25) is 0 Å². The number of rotatable bonds is 2. The highest BCUT2D eigenvalue weighted by molar-refractivity contribution is 5.92. The lowest BCUT2D eigenvalue weighted by atomic mass is 9.98. The van der Waals surface area contributed by atoms with Crippen LogP contribution in [0.1, 0.15) is 28.9 Å². The standard InChI is InChI=1S/C17H21N5O.ClH/c1-11-2-5-13(6-3-11)22-10-16(19-20-22)17(23)21-8-12-4-7-15(18)14(12)9-21;/h2-3,5-6,10,12,14-15H,4,7-9,18H2,1H3;1H. The molecule has 2 N–H and O–H groups in total. The summed E-state index contributed by atoms with van der Waals surface area (Å²) in [5.41, 5.74) is 8.64. The van der Waals surface area contributed by atoms with E-state index in [1.807, 2.05) is 36.1 Å². The van der Waals surface area contributed by atoms with Gasteiger partial charge in [-0.25, -0.2) is 4.68 Å². The molecule has 3 atom stereocenters. The number of likely N-dealkylation sites (tertiary alicyclic amines) is 1. The van der Waals surface area contributed by atoms with Crippen LogP contribution in [0.5, 0.6) is 0 Å². The minimum Gasteiger partial charge on any atom is -0.337 e. The van der Waals surface area contributed by atoms with Crippen LogP contribution >= 0.6 is 12.4 Å². The molecule has 6 nitrogen and oxygen atoms in total. The summed E-state index contributed by atoms with van der Waals surface area (Å²) >= 11 is 0. The number of fused-ring (bicyclic) bond motifs is 1. The number of halogens is 1. The van der Waals surface area contributed by atoms with Crippen LogP contribution in [0, 0.1) is 18.8 Å². The van der Waals surface area contributed by atoms with Crippen molar-refractivity contribution in [3.05, 3.63) is 41.7 Å².